The predicted octanol–water partition coefficient (Wildman–Crippen LogP) is 23.1. The smallest absolute Gasteiger partial charge is 0.356 e. The maximum atomic E-state index is 12.3. The zero-order valence-corrected chi connectivity index (χ0v) is 74.5. The van der Waals surface area contributed by atoms with Gasteiger partial charge in [0.05, 0.1) is 82.5 Å². The second-order valence-electron chi connectivity index (χ2n) is 31.0. The fourth-order valence-electron chi connectivity index (χ4n) is 14.1. The van der Waals surface area contributed by atoms with E-state index in [9.17, 15) is 33.6 Å². The number of fused-ring (bicyclic) bond motifs is 7. The van der Waals surface area contributed by atoms with Crippen LogP contribution < -0.4 is 0 Å². The van der Waals surface area contributed by atoms with Crippen LogP contribution in [0.2, 0.25) is 0 Å². The number of furan rings is 7. The quantitative estimate of drug-likeness (QED) is 0.0206. The van der Waals surface area contributed by atoms with Crippen molar-refractivity contribution in [2.24, 2.45) is 11.8 Å². The van der Waals surface area contributed by atoms with Crippen LogP contribution in [-0.4, -0.2) is 129 Å². The van der Waals surface area contributed by atoms with E-state index in [4.69, 9.17) is 64.1 Å². The Morgan fingerprint density at radius 2 is 0.594 bits per heavy atom. The summed E-state index contributed by atoms with van der Waals surface area (Å²) in [6.07, 6.45) is 29.3. The summed E-state index contributed by atoms with van der Waals surface area (Å²) in [6, 6.07) is 42.7. The first-order valence-electron chi connectivity index (χ1n) is 42.6. The van der Waals surface area contributed by atoms with Gasteiger partial charge in [0.25, 0.3) is 0 Å². The van der Waals surface area contributed by atoms with E-state index >= 15 is 0 Å². The van der Waals surface area contributed by atoms with Crippen molar-refractivity contribution in [2.45, 2.75) is 163 Å². The molecule has 0 amide bonds. The Balaban J connectivity index is 0.000000154. The SMILES string of the molecule is C.C.C.C.CC(C)C(OC(=O)c1cc2occc2[nH]1)n1cccn1.CC(OC(=O)c1cc2occc2[nH]1)n1cccn1.CCC(OC(=O)c1cc2occc2[nH]1)n1cccc1C.CCC(OC(=O)c1cc2occc2[nH]1)n1cccn1.Cc1cccn1C(C)OC(=O)c1cc2occc2[nH]1.Cc1cccn1C(OC(=O)c1cc2occc2[nH]1)C(C)C.O=C(OCn1cccn1)c1cc2occc2[nH]1. The largest absolute Gasteiger partial charge is 0.463 e. The highest BCUT2D eigenvalue weighted by Crippen LogP contribution is 2.30. The van der Waals surface area contributed by atoms with E-state index in [0.717, 1.165) is 55.7 Å². The highest BCUT2D eigenvalue weighted by molar-refractivity contribution is 5.97. The third-order valence-electron chi connectivity index (χ3n) is 20.9. The van der Waals surface area contributed by atoms with E-state index in [1.54, 1.807) is 224 Å². The molecule has 0 aliphatic heterocycles. The van der Waals surface area contributed by atoms with Crippen molar-refractivity contribution in [1.82, 2.24) is 87.7 Å². The molecule has 0 fully saturated rings. The highest BCUT2D eigenvalue weighted by atomic mass is 16.6. The number of nitrogens with zero attached hydrogens (tertiary/aromatic N) is 11. The zero-order valence-electron chi connectivity index (χ0n) is 74.5. The third kappa shape index (κ3) is 24.4. The number of rotatable bonds is 25. The van der Waals surface area contributed by atoms with E-state index in [2.05, 4.69) is 55.3 Å². The van der Waals surface area contributed by atoms with Crippen LogP contribution in [0.1, 0.15) is 226 Å². The Morgan fingerprint density at radius 3 is 0.906 bits per heavy atom. The minimum Gasteiger partial charge on any atom is -0.463 e. The fourth-order valence-corrected chi connectivity index (χ4v) is 14.1. The molecular weight excluding hydrogens is 1780 g/mol. The van der Waals surface area contributed by atoms with Crippen molar-refractivity contribution in [3.8, 4) is 0 Å². The van der Waals surface area contributed by atoms with Gasteiger partial charge in [0.15, 0.2) is 83.2 Å². The van der Waals surface area contributed by atoms with Crippen molar-refractivity contribution in [1.29, 1.82) is 0 Å². The lowest BCUT2D eigenvalue weighted by Crippen LogP contribution is -2.22. The Labute approximate surface area is 790 Å². The summed E-state index contributed by atoms with van der Waals surface area (Å²) in [6.45, 7) is 21.5. The van der Waals surface area contributed by atoms with Crippen LogP contribution in [0, 0.1) is 32.6 Å². The van der Waals surface area contributed by atoms with E-state index in [1.165, 1.54) is 4.68 Å². The molecule has 39 heteroatoms. The number of carbonyl (C=O) groups excluding carboxylic acids is 7. The molecule has 21 aromatic heterocycles. The lowest BCUT2D eigenvalue weighted by atomic mass is 10.2. The number of esters is 7. The fraction of sp³-hybridized carbons (Fsp3) is 0.263. The molecule has 138 heavy (non-hydrogen) atoms. The molecule has 0 bridgehead atoms. The van der Waals surface area contributed by atoms with Gasteiger partial charge < -0.3 is 113 Å². The molecule has 21 heterocycles. The molecule has 0 aliphatic carbocycles. The first kappa shape index (κ1) is 101. The first-order valence-corrected chi connectivity index (χ1v) is 42.6. The number of hydrogen-bond donors (Lipinski definition) is 7. The van der Waals surface area contributed by atoms with Gasteiger partial charge in [-0.1, -0.05) is 71.2 Å². The number of aromatic amines is 7. The van der Waals surface area contributed by atoms with Crippen LogP contribution in [0.25, 0.3) is 77.7 Å². The maximum absolute atomic E-state index is 12.3. The van der Waals surface area contributed by atoms with Gasteiger partial charge in [0.1, 0.15) is 39.9 Å². The van der Waals surface area contributed by atoms with Crippen molar-refractivity contribution in [3.63, 3.8) is 0 Å². The average molecular weight is 1890 g/mol. The molecule has 0 radical (unpaired) electrons. The number of nitrogens with one attached hydrogen (secondary N) is 7. The summed E-state index contributed by atoms with van der Waals surface area (Å²) in [5.41, 5.74) is 15.8. The molecule has 0 aliphatic rings. The molecule has 39 nitrogen and oxygen atoms in total. The monoisotopic (exact) mass is 1890 g/mol. The topological polar surface area (TPSA) is 473 Å². The molecule has 0 spiro atoms. The number of carbonyl (C=O) groups is 7. The standard InChI is InChI=1S/C16H18N2O3.C15H16N2O3.C14H15N3O3.C14H14N2O3.C13H13N3O3.C12H11N3O3.C11H9N3O3.4CH4/c1-10(2)15(18-7-4-5-11(18)3)21-16(19)13-9-14-12(17-13)6-8-20-14;1-3-14(17-7-4-5-10(17)2)20-15(18)12-9-13-11(16-12)6-8-19-13;1-9(2)13(17-6-3-5-15-17)20-14(18)11-8-12-10(16-11)4-7-19-12;1-9-4-3-6-16(9)10(2)19-14(17)12-8-13-11(15-12)5-7-18-13;1-2-12(16-6-3-5-14-16)19-13(17)10-8-11-9(15-10)4-7-18-11;1-8(15-5-2-4-13-15)18-12(16)10-7-11-9(14-10)3-6-17-11;15-11(17-7-14-4-1-3-12-14)9-6-10-8(13-9)2-5-16-10;;;;/h4-10,15,17H,1-3H3;4-9,14,16H,3H2,1-2H3;3-9,13,16H,1-2H3;3-8,10,15H,1-2H3;3-8,12,15H,2H2,1H3;2-8,14H,1H3;1-6,13H,7H2;4*1H4. The van der Waals surface area contributed by atoms with Gasteiger partial charge in [-0.3, -0.25) is 0 Å². The maximum Gasteiger partial charge on any atom is 0.356 e. The molecule has 7 N–H and O–H groups in total. The van der Waals surface area contributed by atoms with Crippen molar-refractivity contribution < 1.29 is 97.6 Å². The van der Waals surface area contributed by atoms with Gasteiger partial charge in [-0.25, -0.2) is 52.3 Å². The Kier molecular flexibility index (Phi) is 34.0. The summed E-state index contributed by atoms with van der Waals surface area (Å²) < 4.78 is 86.5. The highest BCUT2D eigenvalue weighted by Gasteiger charge is 2.28. The van der Waals surface area contributed by atoms with Crippen LogP contribution >= 0.6 is 0 Å². The van der Waals surface area contributed by atoms with E-state index < -0.39 is 48.5 Å². The Bertz CT molecular complexity index is 7130. The van der Waals surface area contributed by atoms with Crippen LogP contribution in [0.3, 0.4) is 0 Å². The molecule has 6 atom stereocenters. The minimum absolute atomic E-state index is 0. The summed E-state index contributed by atoms with van der Waals surface area (Å²) in [4.78, 5) is 105. The second-order valence-corrected chi connectivity index (χ2v) is 31.0. The molecule has 0 saturated carbocycles. The number of ether oxygens (including phenoxy) is 7. The van der Waals surface area contributed by atoms with Crippen molar-refractivity contribution >= 4 is 119 Å². The Morgan fingerprint density at radius 1 is 0.304 bits per heavy atom. The number of aromatic nitrogens is 18. The number of H-pyrrole nitrogens is 7. The lowest BCUT2D eigenvalue weighted by molar-refractivity contribution is -0.0152. The minimum atomic E-state index is -0.456. The van der Waals surface area contributed by atoms with Crippen LogP contribution in [0.5, 0.6) is 0 Å². The van der Waals surface area contributed by atoms with Gasteiger partial charge in [0.2, 0.25) is 0 Å². The summed E-state index contributed by atoms with van der Waals surface area (Å²) in [5.74, 6) is -2.61. The van der Waals surface area contributed by atoms with E-state index in [-0.39, 0.29) is 78.9 Å². The average Bonchev–Trinajstić information content (AvgIpc) is 1.68. The van der Waals surface area contributed by atoms with Gasteiger partial charge in [-0.2, -0.15) is 20.4 Å². The molecule has 0 aromatic carbocycles. The zero-order chi connectivity index (χ0) is 94.1. The molecule has 21 aromatic rings. The van der Waals surface area contributed by atoms with E-state index in [0.29, 0.717) is 91.8 Å². The van der Waals surface area contributed by atoms with Gasteiger partial charge in [-0.15, -0.1) is 0 Å². The van der Waals surface area contributed by atoms with Crippen molar-refractivity contribution in [2.75, 3.05) is 0 Å². The van der Waals surface area contributed by atoms with Gasteiger partial charge >= 0.3 is 41.8 Å². The molecule has 0 saturated heterocycles. The third-order valence-corrected chi connectivity index (χ3v) is 20.9. The summed E-state index contributed by atoms with van der Waals surface area (Å²) in [5, 5.41) is 16.1. The van der Waals surface area contributed by atoms with Crippen LogP contribution in [0.4, 0.5) is 0 Å². The molecule has 724 valence electrons. The predicted molar refractivity (Wildman–Crippen MR) is 511 cm³/mol. The lowest BCUT2D eigenvalue weighted by Gasteiger charge is -2.24. The van der Waals surface area contributed by atoms with Crippen LogP contribution in [-0.2, 0) is 39.9 Å². The Hall–Kier alpha value is -17.3. The number of aryl methyl sites for hydroxylation is 3. The molecular formula is C99H112N18O21. The first-order chi connectivity index (χ1) is 64.9. The van der Waals surface area contributed by atoms with Crippen LogP contribution in [0.15, 0.2) is 289 Å². The molecule has 6 unspecified atom stereocenters. The van der Waals surface area contributed by atoms with Crippen molar-refractivity contribution in [3.05, 3.63) is 315 Å². The molecule has 21 rings (SSSR count). The summed E-state index contributed by atoms with van der Waals surface area (Å²) in [7, 11) is 0. The summed E-state index contributed by atoms with van der Waals surface area (Å²) >= 11 is 0. The van der Waals surface area contributed by atoms with Gasteiger partial charge in [0, 0.05) is 195 Å². The van der Waals surface area contributed by atoms with E-state index in [1.807, 2.05) is 138 Å². The second kappa shape index (κ2) is 46.4. The van der Waals surface area contributed by atoms with Gasteiger partial charge in [-0.05, 0) is 95.3 Å². The normalized spacial score (nSPS) is 12.2. The number of hydrogen-bond acceptors (Lipinski definition) is 25.